The van der Waals surface area contributed by atoms with E-state index < -0.39 is 5.97 Å². The Hall–Kier alpha value is -2.64. The molecule has 1 aliphatic rings. The molecule has 2 aromatic rings. The molecule has 28 heavy (non-hydrogen) atoms. The minimum absolute atomic E-state index is 0.0529. The van der Waals surface area contributed by atoms with Gasteiger partial charge in [0.2, 0.25) is 0 Å². The van der Waals surface area contributed by atoms with Gasteiger partial charge in [-0.15, -0.1) is 0 Å². The largest absolute Gasteiger partial charge is 0.493 e. The van der Waals surface area contributed by atoms with Crippen molar-refractivity contribution in [1.82, 2.24) is 0 Å². The first kappa shape index (κ1) is 20.1. The molecule has 1 saturated heterocycles. The molecule has 0 spiro atoms. The number of hydrogen-bond acceptors (Lipinski definition) is 5. The van der Waals surface area contributed by atoms with Crippen molar-refractivity contribution in [3.05, 3.63) is 64.1 Å². The van der Waals surface area contributed by atoms with E-state index in [4.69, 9.17) is 22.1 Å². The second-order valence-electron chi connectivity index (χ2n) is 6.35. The quantitative estimate of drug-likeness (QED) is 0.553. The predicted octanol–water partition coefficient (Wildman–Crippen LogP) is 4.56. The fourth-order valence-corrected chi connectivity index (χ4v) is 3.92. The Bertz CT molecular complexity index is 967. The summed E-state index contributed by atoms with van der Waals surface area (Å²) in [6.07, 6.45) is 1.74. The molecule has 7 heteroatoms. The van der Waals surface area contributed by atoms with Crippen LogP contribution in [0.25, 0.3) is 6.08 Å². The van der Waals surface area contributed by atoms with E-state index in [0.29, 0.717) is 15.0 Å². The molecule has 0 radical (unpaired) electrons. The molecule has 1 fully saturated rings. The number of aliphatic carboxylic acids is 1. The van der Waals surface area contributed by atoms with Crippen molar-refractivity contribution in [2.45, 2.75) is 20.3 Å². The molecule has 2 aromatic carbocycles. The van der Waals surface area contributed by atoms with Gasteiger partial charge in [0, 0.05) is 0 Å². The molecule has 1 amide bonds. The maximum Gasteiger partial charge on any atom is 0.306 e. The van der Waals surface area contributed by atoms with Crippen LogP contribution in [0, 0.1) is 13.8 Å². The van der Waals surface area contributed by atoms with E-state index in [1.54, 1.807) is 23.1 Å². The van der Waals surface area contributed by atoms with Crippen molar-refractivity contribution in [2.75, 3.05) is 11.5 Å². The molecule has 0 aliphatic carbocycles. The van der Waals surface area contributed by atoms with E-state index in [-0.39, 0.29) is 18.9 Å². The van der Waals surface area contributed by atoms with Crippen molar-refractivity contribution in [3.63, 3.8) is 0 Å². The Labute approximate surface area is 173 Å². The number of thioether (sulfide) groups is 1. The number of ether oxygens (including phenoxy) is 1. The van der Waals surface area contributed by atoms with Crippen LogP contribution in [0.3, 0.4) is 0 Å². The highest BCUT2D eigenvalue weighted by atomic mass is 32.2. The fraction of sp³-hybridized carbons (Fsp3) is 0.190. The van der Waals surface area contributed by atoms with Gasteiger partial charge in [-0.3, -0.25) is 14.5 Å². The molecule has 0 bridgehead atoms. The highest BCUT2D eigenvalue weighted by Gasteiger charge is 2.33. The van der Waals surface area contributed by atoms with Crippen LogP contribution in [0.5, 0.6) is 5.75 Å². The maximum atomic E-state index is 12.9. The first-order valence-corrected chi connectivity index (χ1v) is 9.87. The third-order valence-corrected chi connectivity index (χ3v) is 5.61. The van der Waals surface area contributed by atoms with Gasteiger partial charge in [-0.05, 0) is 60.9 Å². The van der Waals surface area contributed by atoms with Gasteiger partial charge in [0.05, 0.1) is 23.6 Å². The Kier molecular flexibility index (Phi) is 6.16. The molecule has 0 saturated carbocycles. The van der Waals surface area contributed by atoms with Crippen LogP contribution in [0.1, 0.15) is 23.1 Å². The summed E-state index contributed by atoms with van der Waals surface area (Å²) in [7, 11) is 0. The Morgan fingerprint density at radius 2 is 1.89 bits per heavy atom. The number of amides is 1. The Balaban J connectivity index is 1.74. The SMILES string of the molecule is Cc1ccc(N2C(=O)/C(=C\c3ccc(OCCC(=O)O)cc3)SC2=S)cc1C. The third kappa shape index (κ3) is 4.61. The van der Waals surface area contributed by atoms with Gasteiger partial charge in [-0.1, -0.05) is 42.2 Å². The standard InChI is InChI=1S/C21H19NO4S2/c1-13-3-6-16(11-14(13)2)22-20(25)18(28-21(22)27)12-15-4-7-17(8-5-15)26-10-9-19(23)24/h3-8,11-12H,9-10H2,1-2H3,(H,23,24)/b18-12+. The van der Waals surface area contributed by atoms with Crippen molar-refractivity contribution >= 4 is 51.9 Å². The minimum atomic E-state index is -0.901. The van der Waals surface area contributed by atoms with E-state index in [9.17, 15) is 9.59 Å². The topological polar surface area (TPSA) is 66.8 Å². The van der Waals surface area contributed by atoms with Gasteiger partial charge in [0.25, 0.3) is 5.91 Å². The maximum absolute atomic E-state index is 12.9. The molecule has 0 unspecified atom stereocenters. The summed E-state index contributed by atoms with van der Waals surface area (Å²) in [5, 5.41) is 8.64. The number of benzene rings is 2. The fourth-order valence-electron chi connectivity index (χ4n) is 2.62. The molecule has 0 aromatic heterocycles. The smallest absolute Gasteiger partial charge is 0.306 e. The molecule has 1 N–H and O–H groups in total. The summed E-state index contributed by atoms with van der Waals surface area (Å²) < 4.78 is 5.88. The van der Waals surface area contributed by atoms with Crippen LogP contribution in [0.15, 0.2) is 47.4 Å². The van der Waals surface area contributed by atoms with E-state index in [2.05, 4.69) is 0 Å². The van der Waals surface area contributed by atoms with Crippen molar-refractivity contribution in [1.29, 1.82) is 0 Å². The number of carbonyl (C=O) groups is 2. The molecule has 1 heterocycles. The van der Waals surface area contributed by atoms with Gasteiger partial charge < -0.3 is 9.84 Å². The average molecular weight is 414 g/mol. The first-order valence-electron chi connectivity index (χ1n) is 8.65. The number of carboxylic acid groups (broad SMARTS) is 1. The number of carboxylic acids is 1. The average Bonchev–Trinajstić information content (AvgIpc) is 2.92. The molecular weight excluding hydrogens is 394 g/mol. The summed E-state index contributed by atoms with van der Waals surface area (Å²) in [5.74, 6) is -0.455. The van der Waals surface area contributed by atoms with E-state index >= 15 is 0 Å². The second kappa shape index (κ2) is 8.58. The third-order valence-electron chi connectivity index (χ3n) is 4.30. The van der Waals surface area contributed by atoms with Crippen molar-refractivity contribution in [3.8, 4) is 5.75 Å². The number of carbonyl (C=O) groups excluding carboxylic acids is 1. The normalized spacial score (nSPS) is 15.4. The minimum Gasteiger partial charge on any atom is -0.493 e. The first-order chi connectivity index (χ1) is 13.3. The number of rotatable bonds is 6. The van der Waals surface area contributed by atoms with Crippen LogP contribution in [0.2, 0.25) is 0 Å². The van der Waals surface area contributed by atoms with E-state index in [0.717, 1.165) is 22.4 Å². The van der Waals surface area contributed by atoms with E-state index in [1.807, 2.05) is 44.2 Å². The van der Waals surface area contributed by atoms with Gasteiger partial charge in [0.15, 0.2) is 4.32 Å². The van der Waals surface area contributed by atoms with Crippen molar-refractivity contribution in [2.24, 2.45) is 0 Å². The molecule has 144 valence electrons. The summed E-state index contributed by atoms with van der Waals surface area (Å²) in [6.45, 7) is 4.15. The zero-order chi connectivity index (χ0) is 20.3. The monoisotopic (exact) mass is 413 g/mol. The van der Waals surface area contributed by atoms with Crippen LogP contribution < -0.4 is 9.64 Å². The van der Waals surface area contributed by atoms with Gasteiger partial charge in [-0.25, -0.2) is 0 Å². The van der Waals surface area contributed by atoms with Crippen LogP contribution in [-0.2, 0) is 9.59 Å². The lowest BCUT2D eigenvalue weighted by atomic mass is 10.1. The van der Waals surface area contributed by atoms with Crippen molar-refractivity contribution < 1.29 is 19.4 Å². The van der Waals surface area contributed by atoms with Crippen LogP contribution in [-0.4, -0.2) is 27.9 Å². The molecule has 3 rings (SSSR count). The van der Waals surface area contributed by atoms with Gasteiger partial charge in [-0.2, -0.15) is 0 Å². The highest BCUT2D eigenvalue weighted by molar-refractivity contribution is 8.27. The van der Waals surface area contributed by atoms with E-state index in [1.165, 1.54) is 11.8 Å². The second-order valence-corrected chi connectivity index (χ2v) is 8.02. The number of anilines is 1. The lowest BCUT2D eigenvalue weighted by Gasteiger charge is -2.15. The summed E-state index contributed by atoms with van der Waals surface area (Å²) in [5.41, 5.74) is 3.88. The molecular formula is C21H19NO4S2. The summed E-state index contributed by atoms with van der Waals surface area (Å²) in [4.78, 5) is 25.5. The lowest BCUT2D eigenvalue weighted by molar-refractivity contribution is -0.137. The number of aryl methyl sites for hydroxylation is 2. The molecule has 1 aliphatic heterocycles. The molecule has 5 nitrogen and oxygen atoms in total. The Morgan fingerprint density at radius 1 is 1.18 bits per heavy atom. The van der Waals surface area contributed by atoms with Gasteiger partial charge >= 0.3 is 5.97 Å². The Morgan fingerprint density at radius 3 is 2.54 bits per heavy atom. The molecule has 0 atom stereocenters. The lowest BCUT2D eigenvalue weighted by Crippen LogP contribution is -2.27. The summed E-state index contributed by atoms with van der Waals surface area (Å²) in [6, 6.07) is 13.0. The zero-order valence-electron chi connectivity index (χ0n) is 15.5. The van der Waals surface area contributed by atoms with Crippen LogP contribution in [0.4, 0.5) is 5.69 Å². The zero-order valence-corrected chi connectivity index (χ0v) is 17.1. The van der Waals surface area contributed by atoms with Crippen LogP contribution >= 0.6 is 24.0 Å². The number of thiocarbonyl (C=S) groups is 1. The number of hydrogen-bond donors (Lipinski definition) is 1. The predicted molar refractivity (Wildman–Crippen MR) is 116 cm³/mol. The highest BCUT2D eigenvalue weighted by Crippen LogP contribution is 2.36. The number of nitrogens with zero attached hydrogens (tertiary/aromatic N) is 1. The van der Waals surface area contributed by atoms with Gasteiger partial charge in [0.1, 0.15) is 5.75 Å². The summed E-state index contributed by atoms with van der Waals surface area (Å²) >= 11 is 6.69.